The highest BCUT2D eigenvalue weighted by Crippen LogP contribution is 2.28. The zero-order valence-electron chi connectivity index (χ0n) is 14.4. The van der Waals surface area contributed by atoms with Crippen molar-refractivity contribution >= 4 is 11.9 Å². The maximum atomic E-state index is 11.9. The molecule has 6 heteroatoms. The minimum absolute atomic E-state index is 0.0487. The monoisotopic (exact) mass is 324 g/mol. The minimum atomic E-state index is 0.0487. The van der Waals surface area contributed by atoms with Crippen LogP contribution in [-0.4, -0.2) is 51.3 Å². The Bertz CT molecular complexity index is 377. The van der Waals surface area contributed by atoms with E-state index in [2.05, 4.69) is 20.9 Å². The third kappa shape index (κ3) is 8.21. The van der Waals surface area contributed by atoms with Crippen LogP contribution >= 0.6 is 0 Å². The van der Waals surface area contributed by atoms with Gasteiger partial charge in [0.1, 0.15) is 0 Å². The van der Waals surface area contributed by atoms with E-state index in [9.17, 15) is 4.79 Å². The molecule has 2 aliphatic rings. The smallest absolute Gasteiger partial charge is 0.239 e. The zero-order valence-corrected chi connectivity index (χ0v) is 14.4. The Hall–Kier alpha value is -1.30. The van der Waals surface area contributed by atoms with Crippen LogP contribution in [0.3, 0.4) is 0 Å². The van der Waals surface area contributed by atoms with Crippen molar-refractivity contribution in [3.8, 4) is 0 Å². The predicted octanol–water partition coefficient (Wildman–Crippen LogP) is 1.42. The molecule has 0 aromatic heterocycles. The van der Waals surface area contributed by atoms with Crippen LogP contribution in [0, 0.1) is 5.92 Å². The van der Waals surface area contributed by atoms with Crippen LogP contribution in [0.15, 0.2) is 4.99 Å². The van der Waals surface area contributed by atoms with Gasteiger partial charge in [-0.1, -0.05) is 19.3 Å². The van der Waals surface area contributed by atoms with Gasteiger partial charge in [0.2, 0.25) is 5.91 Å². The molecule has 0 bridgehead atoms. The van der Waals surface area contributed by atoms with Crippen molar-refractivity contribution in [3.05, 3.63) is 0 Å². The third-order valence-electron chi connectivity index (χ3n) is 4.42. The fourth-order valence-corrected chi connectivity index (χ4v) is 2.83. The molecule has 0 aromatic carbocycles. The van der Waals surface area contributed by atoms with Crippen molar-refractivity contribution in [3.63, 3.8) is 0 Å². The summed E-state index contributed by atoms with van der Waals surface area (Å²) in [6.45, 7) is 2.76. The molecule has 2 rings (SSSR count). The lowest BCUT2D eigenvalue weighted by Gasteiger charge is -2.23. The Labute approximate surface area is 139 Å². The van der Waals surface area contributed by atoms with Gasteiger partial charge in [0, 0.05) is 32.8 Å². The van der Waals surface area contributed by atoms with Gasteiger partial charge in [0.05, 0.1) is 6.54 Å². The first kappa shape index (κ1) is 18.0. The first-order valence-electron chi connectivity index (χ1n) is 9.09. The van der Waals surface area contributed by atoms with Crippen molar-refractivity contribution in [2.24, 2.45) is 10.9 Å². The largest absolute Gasteiger partial charge is 0.381 e. The second kappa shape index (κ2) is 10.5. The first-order chi connectivity index (χ1) is 11.3. The van der Waals surface area contributed by atoms with Gasteiger partial charge in [0.15, 0.2) is 5.96 Å². The summed E-state index contributed by atoms with van der Waals surface area (Å²) in [7, 11) is 1.72. The van der Waals surface area contributed by atoms with E-state index in [0.29, 0.717) is 12.0 Å². The number of nitrogens with zero attached hydrogens (tertiary/aromatic N) is 1. The summed E-state index contributed by atoms with van der Waals surface area (Å²) < 4.78 is 5.59. The molecule has 6 nitrogen and oxygen atoms in total. The van der Waals surface area contributed by atoms with Crippen molar-refractivity contribution in [2.45, 2.75) is 57.4 Å². The fraction of sp³-hybridized carbons (Fsp3) is 0.882. The molecule has 0 heterocycles. The number of carbonyl (C=O) groups excluding carboxylic acids is 1. The molecule has 0 spiro atoms. The van der Waals surface area contributed by atoms with Gasteiger partial charge in [-0.25, -0.2) is 0 Å². The number of hydrogen-bond donors (Lipinski definition) is 3. The number of carbonyl (C=O) groups is 1. The Kier molecular flexibility index (Phi) is 8.21. The van der Waals surface area contributed by atoms with Gasteiger partial charge in [-0.15, -0.1) is 0 Å². The highest BCUT2D eigenvalue weighted by Gasteiger charge is 2.20. The Balaban J connectivity index is 1.48. The van der Waals surface area contributed by atoms with E-state index in [1.165, 1.54) is 32.1 Å². The van der Waals surface area contributed by atoms with Gasteiger partial charge < -0.3 is 20.7 Å². The number of rotatable bonds is 9. The quantitative estimate of drug-likeness (QED) is 0.341. The fourth-order valence-electron chi connectivity index (χ4n) is 2.83. The van der Waals surface area contributed by atoms with E-state index < -0.39 is 0 Å². The van der Waals surface area contributed by atoms with E-state index >= 15 is 0 Å². The van der Waals surface area contributed by atoms with Crippen LogP contribution in [0.25, 0.3) is 0 Å². The molecule has 0 aliphatic heterocycles. The van der Waals surface area contributed by atoms with Crippen molar-refractivity contribution in [1.29, 1.82) is 0 Å². The van der Waals surface area contributed by atoms with E-state index in [4.69, 9.17) is 4.74 Å². The van der Waals surface area contributed by atoms with Gasteiger partial charge in [-0.05, 0) is 38.0 Å². The average Bonchev–Trinajstić information content (AvgIpc) is 3.38. The topological polar surface area (TPSA) is 74.8 Å². The van der Waals surface area contributed by atoms with Crippen LogP contribution in [0.1, 0.15) is 51.4 Å². The maximum Gasteiger partial charge on any atom is 0.239 e. The highest BCUT2D eigenvalue weighted by molar-refractivity contribution is 5.86. The van der Waals surface area contributed by atoms with E-state index in [0.717, 1.165) is 44.9 Å². The molecule has 132 valence electrons. The molecule has 0 radical (unpaired) electrons. The Morgan fingerprint density at radius 2 is 1.91 bits per heavy atom. The second-order valence-corrected chi connectivity index (χ2v) is 6.63. The molecule has 2 aliphatic carbocycles. The normalized spacial score (nSPS) is 19.4. The Morgan fingerprint density at radius 3 is 2.61 bits per heavy atom. The first-order valence-corrected chi connectivity index (χ1v) is 9.09. The van der Waals surface area contributed by atoms with Crippen LogP contribution < -0.4 is 16.0 Å². The summed E-state index contributed by atoms with van der Waals surface area (Å²) in [4.78, 5) is 16.1. The van der Waals surface area contributed by atoms with Crippen LogP contribution in [0.5, 0.6) is 0 Å². The number of ether oxygens (including phenoxy) is 1. The number of amides is 1. The zero-order chi connectivity index (χ0) is 16.3. The lowest BCUT2D eigenvalue weighted by molar-refractivity contribution is -0.120. The van der Waals surface area contributed by atoms with Crippen LogP contribution in [-0.2, 0) is 9.53 Å². The Morgan fingerprint density at radius 1 is 1.13 bits per heavy atom. The number of aliphatic imine (C=N–C) groups is 1. The molecule has 2 saturated carbocycles. The summed E-state index contributed by atoms with van der Waals surface area (Å²) in [6, 6.07) is 0.358. The third-order valence-corrected chi connectivity index (χ3v) is 4.42. The summed E-state index contributed by atoms with van der Waals surface area (Å²) in [5, 5.41) is 9.37. The minimum Gasteiger partial charge on any atom is -0.381 e. The van der Waals surface area contributed by atoms with Crippen LogP contribution in [0.2, 0.25) is 0 Å². The summed E-state index contributed by atoms with van der Waals surface area (Å²) in [5.41, 5.74) is 0. The van der Waals surface area contributed by atoms with Gasteiger partial charge in [-0.3, -0.25) is 9.79 Å². The molecule has 0 atom stereocenters. The van der Waals surface area contributed by atoms with E-state index in [1.807, 2.05) is 0 Å². The van der Waals surface area contributed by atoms with E-state index in [1.54, 1.807) is 7.05 Å². The molecule has 2 fully saturated rings. The standard InChI is InChI=1S/C17H32N4O2/c1-18-17(19-10-5-11-23-13-14-8-9-14)20-12-16(22)21-15-6-3-2-4-7-15/h14-15H,2-13H2,1H3,(H,21,22)(H2,18,19,20). The maximum absolute atomic E-state index is 11.9. The summed E-state index contributed by atoms with van der Waals surface area (Å²) in [5.74, 6) is 1.54. The average molecular weight is 324 g/mol. The van der Waals surface area contributed by atoms with Crippen molar-refractivity contribution in [1.82, 2.24) is 16.0 Å². The molecule has 0 saturated heterocycles. The van der Waals surface area contributed by atoms with Gasteiger partial charge in [-0.2, -0.15) is 0 Å². The van der Waals surface area contributed by atoms with Crippen molar-refractivity contribution < 1.29 is 9.53 Å². The summed E-state index contributed by atoms with van der Waals surface area (Å²) >= 11 is 0. The molecule has 3 N–H and O–H groups in total. The van der Waals surface area contributed by atoms with Crippen molar-refractivity contribution in [2.75, 3.05) is 33.4 Å². The van der Waals surface area contributed by atoms with E-state index in [-0.39, 0.29) is 12.5 Å². The summed E-state index contributed by atoms with van der Waals surface area (Å²) in [6.07, 6.45) is 9.58. The molecule has 23 heavy (non-hydrogen) atoms. The molecular formula is C17H32N4O2. The number of nitrogens with one attached hydrogen (secondary N) is 3. The van der Waals surface area contributed by atoms with Crippen LogP contribution in [0.4, 0.5) is 0 Å². The number of guanidine groups is 1. The number of hydrogen-bond acceptors (Lipinski definition) is 3. The van der Waals surface area contributed by atoms with Gasteiger partial charge in [0.25, 0.3) is 0 Å². The SMILES string of the molecule is CN=C(NCCCOCC1CC1)NCC(=O)NC1CCCCC1. The molecule has 1 amide bonds. The lowest BCUT2D eigenvalue weighted by atomic mass is 9.95. The predicted molar refractivity (Wildman–Crippen MR) is 92.5 cm³/mol. The second-order valence-electron chi connectivity index (χ2n) is 6.63. The molecule has 0 aromatic rings. The van der Waals surface area contributed by atoms with Gasteiger partial charge >= 0.3 is 0 Å². The lowest BCUT2D eigenvalue weighted by Crippen LogP contribution is -2.46. The highest BCUT2D eigenvalue weighted by atomic mass is 16.5. The molecule has 0 unspecified atom stereocenters. The molecular weight excluding hydrogens is 292 g/mol.